The minimum atomic E-state index is -0.389. The first-order valence-corrected chi connectivity index (χ1v) is 8.89. The van der Waals surface area contributed by atoms with Crippen molar-refractivity contribution in [2.75, 3.05) is 0 Å². The third-order valence-electron chi connectivity index (χ3n) is 4.87. The molecule has 0 atom stereocenters. The first-order valence-electron chi connectivity index (χ1n) is 8.89. The zero-order valence-corrected chi connectivity index (χ0v) is 15.5. The van der Waals surface area contributed by atoms with E-state index < -0.39 is 0 Å². The predicted molar refractivity (Wildman–Crippen MR) is 105 cm³/mol. The molecule has 0 N–H and O–H groups in total. The second-order valence-electron chi connectivity index (χ2n) is 6.74. The smallest absolute Gasteiger partial charge is 0.142 e. The van der Waals surface area contributed by atoms with Crippen molar-refractivity contribution in [3.05, 3.63) is 89.3 Å². The maximum absolute atomic E-state index is 14.8. The Kier molecular flexibility index (Phi) is 4.69. The van der Waals surface area contributed by atoms with Crippen LogP contribution in [0.1, 0.15) is 25.0 Å². The SMILES string of the molecule is C/C(Cc1ccc(-n2nnc3ccccc32)cc1F)=C(/C)c1cncc(F)c1. The molecule has 4 rings (SSSR count). The Morgan fingerprint density at radius 3 is 2.61 bits per heavy atom. The predicted octanol–water partition coefficient (Wildman–Crippen LogP) is 5.13. The van der Waals surface area contributed by atoms with Gasteiger partial charge >= 0.3 is 0 Å². The molecule has 0 fully saturated rings. The number of hydrogen-bond donors (Lipinski definition) is 0. The summed E-state index contributed by atoms with van der Waals surface area (Å²) in [5.74, 6) is -0.707. The number of hydrogen-bond acceptors (Lipinski definition) is 3. The number of nitrogens with zero attached hydrogens (tertiary/aromatic N) is 4. The zero-order chi connectivity index (χ0) is 19.7. The van der Waals surface area contributed by atoms with Crippen molar-refractivity contribution in [2.24, 2.45) is 0 Å². The van der Waals surface area contributed by atoms with E-state index in [0.717, 1.165) is 22.2 Å². The molecule has 4 aromatic rings. The summed E-state index contributed by atoms with van der Waals surface area (Å²) in [6.07, 6.45) is 3.20. The van der Waals surface area contributed by atoms with Crippen molar-refractivity contribution in [2.45, 2.75) is 20.3 Å². The van der Waals surface area contributed by atoms with Crippen LogP contribution >= 0.6 is 0 Å². The molecule has 2 aromatic heterocycles. The van der Waals surface area contributed by atoms with Crippen LogP contribution in [0.5, 0.6) is 0 Å². The highest BCUT2D eigenvalue weighted by Crippen LogP contribution is 2.24. The second kappa shape index (κ2) is 7.31. The summed E-state index contributed by atoms with van der Waals surface area (Å²) in [7, 11) is 0. The molecule has 0 spiro atoms. The molecule has 0 bridgehead atoms. The van der Waals surface area contributed by atoms with E-state index in [2.05, 4.69) is 15.3 Å². The lowest BCUT2D eigenvalue weighted by Gasteiger charge is -2.10. The van der Waals surface area contributed by atoms with Gasteiger partial charge in [0.1, 0.15) is 17.2 Å². The fourth-order valence-corrected chi connectivity index (χ4v) is 3.15. The van der Waals surface area contributed by atoms with Crippen molar-refractivity contribution < 1.29 is 8.78 Å². The number of fused-ring (bicyclic) bond motifs is 1. The third kappa shape index (κ3) is 3.41. The standard InChI is InChI=1S/C22H18F2N4/c1-14(15(2)17-10-18(23)13-25-12-17)9-16-7-8-19(11-20(16)24)28-22-6-4-3-5-21(22)26-27-28/h3-8,10-13H,9H2,1-2H3/b15-14+. The lowest BCUT2D eigenvalue weighted by molar-refractivity contribution is 0.611. The molecule has 4 nitrogen and oxygen atoms in total. The van der Waals surface area contributed by atoms with Crippen molar-refractivity contribution in [3.63, 3.8) is 0 Å². The van der Waals surface area contributed by atoms with Gasteiger partial charge in [0.2, 0.25) is 0 Å². The van der Waals surface area contributed by atoms with Gasteiger partial charge in [0.25, 0.3) is 0 Å². The Labute approximate surface area is 161 Å². The lowest BCUT2D eigenvalue weighted by atomic mass is 9.98. The minimum Gasteiger partial charge on any atom is -0.261 e. The number of halogens is 2. The van der Waals surface area contributed by atoms with Crippen LogP contribution in [0.25, 0.3) is 22.3 Å². The third-order valence-corrected chi connectivity index (χ3v) is 4.87. The topological polar surface area (TPSA) is 43.6 Å². The molecule has 0 amide bonds. The number of para-hydroxylation sites is 1. The van der Waals surface area contributed by atoms with Crippen molar-refractivity contribution in [1.29, 1.82) is 0 Å². The number of pyridine rings is 1. The Morgan fingerprint density at radius 1 is 1.00 bits per heavy atom. The van der Waals surface area contributed by atoms with E-state index in [1.165, 1.54) is 18.3 Å². The largest absolute Gasteiger partial charge is 0.261 e. The van der Waals surface area contributed by atoms with Crippen LogP contribution in [-0.4, -0.2) is 20.0 Å². The van der Waals surface area contributed by atoms with E-state index >= 15 is 0 Å². The molecule has 2 aromatic carbocycles. The maximum atomic E-state index is 14.8. The first-order chi connectivity index (χ1) is 13.5. The van der Waals surface area contributed by atoms with E-state index in [0.29, 0.717) is 23.2 Å². The fourth-order valence-electron chi connectivity index (χ4n) is 3.15. The van der Waals surface area contributed by atoms with Gasteiger partial charge in [0.15, 0.2) is 0 Å². The summed E-state index contributed by atoms with van der Waals surface area (Å²) in [6.45, 7) is 3.80. The Morgan fingerprint density at radius 2 is 1.82 bits per heavy atom. The molecule has 0 aliphatic rings. The van der Waals surface area contributed by atoms with Crippen LogP contribution in [0.15, 0.2) is 66.5 Å². The Bertz CT molecular complexity index is 1190. The molecule has 0 radical (unpaired) electrons. The molecular weight excluding hydrogens is 358 g/mol. The molecule has 28 heavy (non-hydrogen) atoms. The van der Waals surface area contributed by atoms with E-state index in [9.17, 15) is 8.78 Å². The molecule has 0 saturated carbocycles. The number of allylic oxidation sites excluding steroid dienone is 2. The van der Waals surface area contributed by atoms with Gasteiger partial charge in [0.05, 0.1) is 17.4 Å². The monoisotopic (exact) mass is 376 g/mol. The highest BCUT2D eigenvalue weighted by atomic mass is 19.1. The van der Waals surface area contributed by atoms with Crippen LogP contribution in [-0.2, 0) is 6.42 Å². The minimum absolute atomic E-state index is 0.318. The van der Waals surface area contributed by atoms with Gasteiger partial charge in [-0.2, -0.15) is 0 Å². The molecule has 140 valence electrons. The van der Waals surface area contributed by atoms with Crippen molar-refractivity contribution >= 4 is 16.6 Å². The average Bonchev–Trinajstić information content (AvgIpc) is 3.13. The van der Waals surface area contributed by atoms with Gasteiger partial charge in [-0.15, -0.1) is 5.10 Å². The summed E-state index contributed by atoms with van der Waals surface area (Å²) in [6, 6.07) is 14.0. The van der Waals surface area contributed by atoms with E-state index in [4.69, 9.17) is 0 Å². The van der Waals surface area contributed by atoms with E-state index in [-0.39, 0.29) is 11.6 Å². The van der Waals surface area contributed by atoms with Gasteiger partial charge in [-0.1, -0.05) is 29.0 Å². The maximum Gasteiger partial charge on any atom is 0.142 e. The quantitative estimate of drug-likeness (QED) is 0.496. The lowest BCUT2D eigenvalue weighted by Crippen LogP contribution is -2.00. The first kappa shape index (κ1) is 18.0. The van der Waals surface area contributed by atoms with Crippen LogP contribution in [0, 0.1) is 11.6 Å². The fraction of sp³-hybridized carbons (Fsp3) is 0.136. The molecule has 6 heteroatoms. The number of benzene rings is 2. The Hall–Kier alpha value is -3.41. The molecule has 0 unspecified atom stereocenters. The van der Waals surface area contributed by atoms with Crippen LogP contribution < -0.4 is 0 Å². The highest BCUT2D eigenvalue weighted by Gasteiger charge is 2.11. The van der Waals surface area contributed by atoms with Crippen molar-refractivity contribution in [3.8, 4) is 5.69 Å². The molecule has 0 aliphatic heterocycles. The summed E-state index contributed by atoms with van der Waals surface area (Å²) in [5.41, 5.74) is 5.29. The summed E-state index contributed by atoms with van der Waals surface area (Å²) >= 11 is 0. The summed E-state index contributed by atoms with van der Waals surface area (Å²) in [5, 5.41) is 8.23. The van der Waals surface area contributed by atoms with Gasteiger partial charge in [-0.05, 0) is 67.3 Å². The summed E-state index contributed by atoms with van der Waals surface area (Å²) in [4.78, 5) is 3.88. The van der Waals surface area contributed by atoms with Gasteiger partial charge in [-0.3, -0.25) is 4.98 Å². The Balaban J connectivity index is 1.64. The van der Waals surface area contributed by atoms with Gasteiger partial charge < -0.3 is 0 Å². The zero-order valence-electron chi connectivity index (χ0n) is 15.5. The van der Waals surface area contributed by atoms with E-state index in [1.54, 1.807) is 16.9 Å². The number of aromatic nitrogens is 4. The van der Waals surface area contributed by atoms with Crippen LogP contribution in [0.2, 0.25) is 0 Å². The van der Waals surface area contributed by atoms with Crippen LogP contribution in [0.3, 0.4) is 0 Å². The second-order valence-corrected chi connectivity index (χ2v) is 6.74. The molecule has 0 saturated heterocycles. The summed E-state index contributed by atoms with van der Waals surface area (Å²) < 4.78 is 29.8. The number of rotatable bonds is 4. The van der Waals surface area contributed by atoms with Gasteiger partial charge in [-0.25, -0.2) is 13.5 Å². The highest BCUT2D eigenvalue weighted by molar-refractivity contribution is 5.75. The van der Waals surface area contributed by atoms with Crippen molar-refractivity contribution in [1.82, 2.24) is 20.0 Å². The molecule has 0 aliphatic carbocycles. The van der Waals surface area contributed by atoms with Gasteiger partial charge in [0, 0.05) is 6.20 Å². The normalized spacial score (nSPS) is 12.3. The molecular formula is C22H18F2N4. The van der Waals surface area contributed by atoms with E-state index in [1.807, 2.05) is 44.2 Å². The average molecular weight is 376 g/mol. The molecule has 2 heterocycles. The van der Waals surface area contributed by atoms with Crippen LogP contribution in [0.4, 0.5) is 8.78 Å².